The third kappa shape index (κ3) is 3.53. The van der Waals surface area contributed by atoms with Crippen LogP contribution in [0.2, 0.25) is 10.0 Å². The molecule has 1 aromatic carbocycles. The van der Waals surface area contributed by atoms with E-state index in [9.17, 15) is 14.7 Å². The number of aryl methyl sites for hydroxylation is 2. The third-order valence-corrected chi connectivity index (χ3v) is 6.63. The third-order valence-electron chi connectivity index (χ3n) is 4.82. The number of hydrogen-bond acceptors (Lipinski definition) is 6. The molecule has 0 saturated heterocycles. The lowest BCUT2D eigenvalue weighted by Crippen LogP contribution is -2.30. The molecule has 0 aliphatic carbocycles. The van der Waals surface area contributed by atoms with Crippen LogP contribution >= 0.6 is 34.5 Å². The molecule has 3 heterocycles. The molecule has 1 N–H and O–H groups in total. The Morgan fingerprint density at radius 1 is 1.27 bits per heavy atom. The first-order valence-corrected chi connectivity index (χ1v) is 10.5. The van der Waals surface area contributed by atoms with Crippen LogP contribution in [0.15, 0.2) is 52.3 Å². The van der Waals surface area contributed by atoms with Crippen LogP contribution in [0.25, 0.3) is 0 Å². The van der Waals surface area contributed by atoms with Crippen molar-refractivity contribution in [2.24, 2.45) is 0 Å². The first-order chi connectivity index (χ1) is 14.3. The van der Waals surface area contributed by atoms with E-state index in [-0.39, 0.29) is 17.1 Å². The highest BCUT2D eigenvalue weighted by molar-refractivity contribution is 7.14. The van der Waals surface area contributed by atoms with Crippen LogP contribution < -0.4 is 0 Å². The molecule has 1 amide bonds. The maximum absolute atomic E-state index is 13.4. The quantitative estimate of drug-likeness (QED) is 0.510. The van der Waals surface area contributed by atoms with Gasteiger partial charge in [-0.1, -0.05) is 29.3 Å². The van der Waals surface area contributed by atoms with Crippen molar-refractivity contribution in [1.82, 2.24) is 9.88 Å². The van der Waals surface area contributed by atoms with Crippen molar-refractivity contribution in [2.45, 2.75) is 26.4 Å². The second kappa shape index (κ2) is 7.91. The van der Waals surface area contributed by atoms with Gasteiger partial charge in [0.1, 0.15) is 5.76 Å². The van der Waals surface area contributed by atoms with Gasteiger partial charge in [-0.25, -0.2) is 4.98 Å². The smallest absolute Gasteiger partial charge is 0.290 e. The largest absolute Gasteiger partial charge is 0.503 e. The fourth-order valence-electron chi connectivity index (χ4n) is 3.51. The van der Waals surface area contributed by atoms with E-state index in [4.69, 9.17) is 27.6 Å². The molecule has 0 bridgehead atoms. The minimum atomic E-state index is -0.855. The molecule has 2 aromatic heterocycles. The summed E-state index contributed by atoms with van der Waals surface area (Å²) in [5.41, 5.74) is 1.08. The maximum atomic E-state index is 13.4. The normalized spacial score (nSPS) is 16.6. The van der Waals surface area contributed by atoms with Gasteiger partial charge in [-0.15, -0.1) is 11.3 Å². The predicted octanol–water partition coefficient (Wildman–Crippen LogP) is 5.44. The zero-order valence-corrected chi connectivity index (χ0v) is 18.3. The summed E-state index contributed by atoms with van der Waals surface area (Å²) in [5, 5.41) is 12.0. The second-order valence-electron chi connectivity index (χ2n) is 6.83. The summed E-state index contributed by atoms with van der Waals surface area (Å²) in [6.45, 7) is 3.58. The zero-order valence-electron chi connectivity index (χ0n) is 16.0. The molecular formula is C21H16Cl2N2O4S. The Labute approximate surface area is 186 Å². The average Bonchev–Trinajstić information content (AvgIpc) is 3.39. The van der Waals surface area contributed by atoms with E-state index < -0.39 is 23.5 Å². The highest BCUT2D eigenvalue weighted by Crippen LogP contribution is 2.42. The minimum Gasteiger partial charge on any atom is -0.503 e. The molecule has 1 aliphatic rings. The number of ketones is 1. The van der Waals surface area contributed by atoms with Crippen LogP contribution in [0, 0.1) is 13.8 Å². The van der Waals surface area contributed by atoms with Crippen LogP contribution in [0.1, 0.15) is 37.7 Å². The molecule has 1 atom stereocenters. The molecule has 0 saturated carbocycles. The number of furan rings is 1. The van der Waals surface area contributed by atoms with Crippen molar-refractivity contribution in [3.63, 3.8) is 0 Å². The van der Waals surface area contributed by atoms with E-state index in [0.717, 1.165) is 5.01 Å². The summed E-state index contributed by atoms with van der Waals surface area (Å²) in [4.78, 5) is 32.4. The van der Waals surface area contributed by atoms with E-state index in [1.54, 1.807) is 44.2 Å². The van der Waals surface area contributed by atoms with Gasteiger partial charge in [0.25, 0.3) is 5.91 Å². The Balaban J connectivity index is 1.84. The SMILES string of the molecule is Cc1nc(C)c(C(=O)C2=C(O)C(=O)N(Cc3ccco3)C2c2ccc(Cl)c(Cl)c2)s1. The lowest BCUT2D eigenvalue weighted by atomic mass is 9.95. The number of aromatic nitrogens is 1. The number of benzene rings is 1. The van der Waals surface area contributed by atoms with Crippen LogP contribution in [-0.4, -0.2) is 26.7 Å². The summed E-state index contributed by atoms with van der Waals surface area (Å²) in [6, 6.07) is 7.42. The second-order valence-corrected chi connectivity index (χ2v) is 8.84. The van der Waals surface area contributed by atoms with E-state index in [1.165, 1.54) is 22.5 Å². The van der Waals surface area contributed by atoms with Crippen molar-refractivity contribution in [2.75, 3.05) is 0 Å². The Bertz CT molecular complexity index is 1180. The Hall–Kier alpha value is -2.61. The molecule has 0 fully saturated rings. The molecule has 0 radical (unpaired) electrons. The molecule has 9 heteroatoms. The van der Waals surface area contributed by atoms with Gasteiger partial charge in [-0.2, -0.15) is 0 Å². The highest BCUT2D eigenvalue weighted by atomic mass is 35.5. The monoisotopic (exact) mass is 462 g/mol. The summed E-state index contributed by atoms with van der Waals surface area (Å²) < 4.78 is 5.37. The molecule has 154 valence electrons. The van der Waals surface area contributed by atoms with Gasteiger partial charge in [0.05, 0.1) is 50.0 Å². The summed E-state index contributed by atoms with van der Waals surface area (Å²) in [7, 11) is 0. The van der Waals surface area contributed by atoms with Gasteiger partial charge >= 0.3 is 0 Å². The van der Waals surface area contributed by atoms with Crippen LogP contribution in [-0.2, 0) is 11.3 Å². The molecule has 1 aliphatic heterocycles. The van der Waals surface area contributed by atoms with Crippen molar-refractivity contribution < 1.29 is 19.1 Å². The number of carbonyl (C=O) groups excluding carboxylic acids is 2. The highest BCUT2D eigenvalue weighted by Gasteiger charge is 2.44. The molecule has 0 spiro atoms. The van der Waals surface area contributed by atoms with Crippen molar-refractivity contribution in [3.05, 3.63) is 84.9 Å². The lowest BCUT2D eigenvalue weighted by molar-refractivity contribution is -0.130. The Morgan fingerprint density at radius 3 is 2.63 bits per heavy atom. The van der Waals surface area contributed by atoms with Gasteiger partial charge in [0.15, 0.2) is 5.76 Å². The van der Waals surface area contributed by atoms with Gasteiger partial charge in [0.2, 0.25) is 5.78 Å². The van der Waals surface area contributed by atoms with Crippen LogP contribution in [0.4, 0.5) is 0 Å². The number of halogens is 2. The maximum Gasteiger partial charge on any atom is 0.290 e. The molecule has 4 rings (SSSR count). The lowest BCUT2D eigenvalue weighted by Gasteiger charge is -2.26. The molecular weight excluding hydrogens is 447 g/mol. The van der Waals surface area contributed by atoms with Crippen LogP contribution in [0.3, 0.4) is 0 Å². The number of nitrogens with zero attached hydrogens (tertiary/aromatic N) is 2. The molecule has 3 aromatic rings. The number of rotatable bonds is 5. The van der Waals surface area contributed by atoms with Gasteiger partial charge < -0.3 is 14.4 Å². The first kappa shape index (κ1) is 20.7. The van der Waals surface area contributed by atoms with Crippen molar-refractivity contribution >= 4 is 46.2 Å². The summed E-state index contributed by atoms with van der Waals surface area (Å²) >= 11 is 13.5. The molecule has 30 heavy (non-hydrogen) atoms. The first-order valence-electron chi connectivity index (χ1n) is 8.98. The summed E-state index contributed by atoms with van der Waals surface area (Å²) in [6.07, 6.45) is 1.49. The van der Waals surface area contributed by atoms with Gasteiger partial charge in [0, 0.05) is 0 Å². The molecule has 1 unspecified atom stereocenters. The number of Topliss-reactive ketones (excluding diaryl/α,β-unsaturated/α-hetero) is 1. The summed E-state index contributed by atoms with van der Waals surface area (Å²) in [5.74, 6) is -1.18. The minimum absolute atomic E-state index is 0.0169. The standard InChI is InChI=1S/C21H16Cl2N2O4S/c1-10-20(30-11(2)24-10)18(26)16-17(12-5-6-14(22)15(23)8-12)25(21(28)19(16)27)9-13-4-3-7-29-13/h3-8,17,27H,9H2,1-2H3. The number of aliphatic hydroxyl groups excluding tert-OH is 1. The van der Waals surface area contributed by atoms with E-state index >= 15 is 0 Å². The van der Waals surface area contributed by atoms with Crippen molar-refractivity contribution in [3.8, 4) is 0 Å². The van der Waals surface area contributed by atoms with Gasteiger partial charge in [-0.3, -0.25) is 9.59 Å². The van der Waals surface area contributed by atoms with Crippen molar-refractivity contribution in [1.29, 1.82) is 0 Å². The molecule has 6 nitrogen and oxygen atoms in total. The van der Waals surface area contributed by atoms with E-state index in [1.807, 2.05) is 0 Å². The average molecular weight is 463 g/mol. The number of thiazole rings is 1. The predicted molar refractivity (Wildman–Crippen MR) is 114 cm³/mol. The Morgan fingerprint density at radius 2 is 2.03 bits per heavy atom. The van der Waals surface area contributed by atoms with Crippen LogP contribution in [0.5, 0.6) is 0 Å². The zero-order chi connectivity index (χ0) is 21.6. The fraction of sp³-hybridized carbons (Fsp3) is 0.190. The van der Waals surface area contributed by atoms with E-state index in [0.29, 0.717) is 26.9 Å². The van der Waals surface area contributed by atoms with Gasteiger partial charge in [-0.05, 0) is 43.7 Å². The fourth-order valence-corrected chi connectivity index (χ4v) is 4.69. The number of aliphatic hydroxyl groups is 1. The van der Waals surface area contributed by atoms with E-state index in [2.05, 4.69) is 4.98 Å². The number of amides is 1. The number of hydrogen-bond donors (Lipinski definition) is 1. The number of carbonyl (C=O) groups is 2. The topological polar surface area (TPSA) is 83.6 Å². The Kier molecular flexibility index (Phi) is 5.44.